The van der Waals surface area contributed by atoms with Crippen molar-refractivity contribution in [2.75, 3.05) is 9.80 Å². The first-order chi connectivity index (χ1) is 41.7. The Morgan fingerprint density at radius 1 is 0.561 bits per heavy atom. The predicted molar refractivity (Wildman–Crippen MR) is 337 cm³/mol. The normalized spacial score (nSPS) is 18.3. The van der Waals surface area contributed by atoms with Crippen LogP contribution in [0.3, 0.4) is 0 Å². The van der Waals surface area contributed by atoms with Crippen molar-refractivity contribution in [3.8, 4) is 28.4 Å². The Morgan fingerprint density at radius 3 is 1.84 bits per heavy atom. The molecule has 0 saturated heterocycles. The standard InChI is InChI=1S/C72H53B2N6O.Pt/c1-72(54-24-7-3-8-25-54,55-26-9-4-10-27-55)56-38-45-77-70(48-56)80-66-33-12-11-28-60(66)61-37-36-58(50-69(61)80)81-59-47-53(52-22-5-2-6-23-52)46-57(49-59)78-51-79(68-35-14-13-34-67(68)78)71-62(64-31-20-43-75-41-17-15-39-73-64)29-19-30-63(71)65-32-21-44-76-42-18-16-40-74-65;/h2-48,51,75-76H,1H3;/q-3;/b39-15-,40-16-,41-17-,42-18-,43-20-,44-21-,64-31-,65-32-;/i11D,12D,28D,33D;. The monoisotopic (exact) mass is 1240 g/mol. The van der Waals surface area contributed by atoms with Crippen LogP contribution < -0.4 is 25.2 Å². The fraction of sp³-hybridized carbons (Fsp3) is 0.0278. The number of ether oxygens (including phenoxy) is 1. The van der Waals surface area contributed by atoms with E-state index in [4.69, 9.17) is 12.5 Å². The fourth-order valence-corrected chi connectivity index (χ4v) is 10.8. The Kier molecular flexibility index (Phi) is 14.2. The number of hydrogen-bond acceptors (Lipinski definition) is 6. The number of benzene rings is 8. The number of nitrogens with one attached hydrogen (secondary N) is 2. The molecule has 0 fully saturated rings. The van der Waals surface area contributed by atoms with E-state index in [2.05, 4.69) is 164 Å². The molecular weight excluding hydrogens is 1180 g/mol. The molecule has 2 N–H and O–H groups in total. The first kappa shape index (κ1) is 48.4. The van der Waals surface area contributed by atoms with Crippen LogP contribution in [0.15, 0.2) is 286 Å². The van der Waals surface area contributed by atoms with Crippen LogP contribution in [-0.2, 0) is 26.5 Å². The van der Waals surface area contributed by atoms with Crippen molar-refractivity contribution in [1.29, 1.82) is 0 Å². The molecule has 0 aliphatic carbocycles. The SMILES string of the molecule is [2H]c1c([2H])c([2H])c2c(c1[2H])c1ccc(Oc3[c-]c(N4[CH-]N(c5c(/C6=C/C=C\N/C=C\C=C/[B]6)cccc5/C5=C/C=C\N/C=C\C=C/[B]5)c5ccccc54)cc(-c4ccccc4)c3)[c-]c1n2-c1cc(C(C)(c2ccccc2)c2ccccc2)ccn1.[Pt]. The van der Waals surface area contributed by atoms with Crippen LogP contribution in [0.25, 0.3) is 49.7 Å². The number of nitrogens with zero attached hydrogens (tertiary/aromatic N) is 4. The minimum Gasteiger partial charge on any atom is -0.509 e. The minimum absolute atomic E-state index is 0. The molecule has 0 saturated carbocycles. The molecule has 0 bridgehead atoms. The quantitative estimate of drug-likeness (QED) is 0.0994. The zero-order valence-electron chi connectivity index (χ0n) is 48.6. The third-order valence-corrected chi connectivity index (χ3v) is 14.8. The van der Waals surface area contributed by atoms with Crippen LogP contribution in [0.2, 0.25) is 0 Å². The maximum Gasteiger partial charge on any atom is 0.182 e. The van der Waals surface area contributed by atoms with Gasteiger partial charge in [0.1, 0.15) is 5.82 Å². The van der Waals surface area contributed by atoms with E-state index in [9.17, 15) is 2.74 Å². The molecule has 0 atom stereocenters. The summed E-state index contributed by atoms with van der Waals surface area (Å²) in [5.74, 6) is 5.31. The van der Waals surface area contributed by atoms with Gasteiger partial charge in [0.2, 0.25) is 0 Å². The molecule has 82 heavy (non-hydrogen) atoms. The van der Waals surface area contributed by atoms with Crippen molar-refractivity contribution in [2.45, 2.75) is 12.3 Å². The van der Waals surface area contributed by atoms with Gasteiger partial charge < -0.3 is 29.7 Å². The molecular formula is C72H53B2N6OPt-3. The zero-order chi connectivity index (χ0) is 57.9. The zero-order valence-corrected chi connectivity index (χ0v) is 46.8. The predicted octanol–water partition coefficient (Wildman–Crippen LogP) is 16.4. The van der Waals surface area contributed by atoms with Crippen LogP contribution in [0.4, 0.5) is 22.7 Å². The fourth-order valence-electron chi connectivity index (χ4n) is 10.8. The van der Waals surface area contributed by atoms with Crippen molar-refractivity contribution < 1.29 is 31.3 Å². The molecule has 10 aromatic rings. The molecule has 396 valence electrons. The molecule has 10 heteroatoms. The average Bonchev–Trinajstić information content (AvgIpc) is 1.65. The van der Waals surface area contributed by atoms with Crippen LogP contribution in [0.5, 0.6) is 11.5 Å². The van der Waals surface area contributed by atoms with Crippen LogP contribution in [0, 0.1) is 18.8 Å². The van der Waals surface area contributed by atoms with E-state index in [0.717, 1.165) is 67.0 Å². The van der Waals surface area contributed by atoms with E-state index >= 15 is 0 Å². The second-order valence-electron chi connectivity index (χ2n) is 19.7. The van der Waals surface area contributed by atoms with Gasteiger partial charge in [-0.15, -0.1) is 65.6 Å². The summed E-state index contributed by atoms with van der Waals surface area (Å²) in [6, 6.07) is 63.6. The van der Waals surface area contributed by atoms with Gasteiger partial charge in [-0.25, -0.2) is 4.98 Å². The maximum absolute atomic E-state index is 9.42. The van der Waals surface area contributed by atoms with Crippen molar-refractivity contribution >= 4 is 70.1 Å². The summed E-state index contributed by atoms with van der Waals surface area (Å²) in [6.45, 7) is 4.32. The Hall–Kier alpha value is -9.55. The van der Waals surface area contributed by atoms with Gasteiger partial charge in [0.25, 0.3) is 0 Å². The second-order valence-corrected chi connectivity index (χ2v) is 19.7. The van der Waals surface area contributed by atoms with E-state index in [-0.39, 0.29) is 50.8 Å². The summed E-state index contributed by atoms with van der Waals surface area (Å²) in [6.07, 6.45) is 25.6. The molecule has 8 aromatic carbocycles. The molecule has 2 radical (unpaired) electrons. The summed E-state index contributed by atoms with van der Waals surface area (Å²) in [5, 5.41) is 7.37. The van der Waals surface area contributed by atoms with E-state index < -0.39 is 5.41 Å². The Labute approximate surface area is 501 Å². The summed E-state index contributed by atoms with van der Waals surface area (Å²) in [7, 11) is 4.27. The van der Waals surface area contributed by atoms with Gasteiger partial charge >= 0.3 is 0 Å². The van der Waals surface area contributed by atoms with Crippen molar-refractivity contribution in [3.05, 3.63) is 332 Å². The number of rotatable bonds is 11. The molecule has 3 aliphatic heterocycles. The van der Waals surface area contributed by atoms with Crippen molar-refractivity contribution in [3.63, 3.8) is 0 Å². The first-order valence-electron chi connectivity index (χ1n) is 28.8. The summed E-state index contributed by atoms with van der Waals surface area (Å²) >= 11 is 0. The van der Waals surface area contributed by atoms with E-state index in [1.54, 1.807) is 16.8 Å². The van der Waals surface area contributed by atoms with Crippen LogP contribution >= 0.6 is 0 Å². The largest absolute Gasteiger partial charge is 0.509 e. The minimum atomic E-state index is -0.632. The molecule has 0 unspecified atom stereocenters. The molecule has 5 heterocycles. The first-order valence-corrected chi connectivity index (χ1v) is 26.8. The van der Waals surface area contributed by atoms with Crippen molar-refractivity contribution in [1.82, 2.24) is 20.2 Å². The summed E-state index contributed by atoms with van der Waals surface area (Å²) in [5.41, 5.74) is 12.7. The molecule has 0 amide bonds. The Morgan fingerprint density at radius 2 is 1.17 bits per heavy atom. The van der Waals surface area contributed by atoms with Gasteiger partial charge in [-0.3, -0.25) is 0 Å². The average molecular weight is 1240 g/mol. The third kappa shape index (κ3) is 10.6. The molecule has 2 aromatic heterocycles. The molecule has 7 nitrogen and oxygen atoms in total. The van der Waals surface area contributed by atoms with Crippen LogP contribution in [0.1, 0.15) is 40.2 Å². The summed E-state index contributed by atoms with van der Waals surface area (Å²) in [4.78, 5) is 9.38. The van der Waals surface area contributed by atoms with Gasteiger partial charge in [-0.1, -0.05) is 180 Å². The van der Waals surface area contributed by atoms with E-state index in [1.807, 2.05) is 146 Å². The second kappa shape index (κ2) is 24.0. The smallest absolute Gasteiger partial charge is 0.182 e. The van der Waals surface area contributed by atoms with E-state index in [0.29, 0.717) is 39.3 Å². The molecule has 3 aliphatic rings. The van der Waals surface area contributed by atoms with Gasteiger partial charge in [0.15, 0.2) is 14.6 Å². The number of allylic oxidation sites excluding steroid dienone is 8. The number of fused-ring (bicyclic) bond motifs is 4. The van der Waals surface area contributed by atoms with Gasteiger partial charge in [-0.2, -0.15) is 6.07 Å². The maximum atomic E-state index is 9.42. The van der Waals surface area contributed by atoms with Gasteiger partial charge in [0, 0.05) is 91.6 Å². The number of anilines is 4. The Balaban J connectivity index is 0.00000724. The number of hydrogen-bond donors (Lipinski definition) is 2. The van der Waals surface area contributed by atoms with Crippen molar-refractivity contribution in [2.24, 2.45) is 0 Å². The van der Waals surface area contributed by atoms with Gasteiger partial charge in [-0.05, 0) is 100 Å². The third-order valence-electron chi connectivity index (χ3n) is 14.8. The van der Waals surface area contributed by atoms with E-state index in [1.165, 1.54) is 0 Å². The summed E-state index contributed by atoms with van der Waals surface area (Å²) < 4.78 is 45.2. The molecule has 0 spiro atoms. The number of para-hydroxylation sites is 4. The topological polar surface area (TPSA) is 57.6 Å². The molecule has 13 rings (SSSR count). The Bertz CT molecular complexity index is 4350. The van der Waals surface area contributed by atoms with Gasteiger partial charge in [0.05, 0.1) is 5.48 Å². The number of pyridine rings is 1. The number of aromatic nitrogens is 2. The van der Waals surface area contributed by atoms with Crippen LogP contribution in [-0.4, -0.2) is 24.1 Å².